The van der Waals surface area contributed by atoms with Crippen LogP contribution >= 0.6 is 23.2 Å². The van der Waals surface area contributed by atoms with E-state index in [1.165, 1.54) is 4.90 Å². The van der Waals surface area contributed by atoms with Crippen LogP contribution in [0.1, 0.15) is 17.5 Å². The number of rotatable bonds is 4. The minimum absolute atomic E-state index is 0.158. The zero-order valence-corrected chi connectivity index (χ0v) is 14.2. The summed E-state index contributed by atoms with van der Waals surface area (Å²) in [4.78, 5) is 13.2. The third-order valence-electron chi connectivity index (χ3n) is 3.50. The molecule has 2 rings (SSSR count). The molecule has 6 heteroatoms. The lowest BCUT2D eigenvalue weighted by Gasteiger charge is -2.16. The third-order valence-corrected chi connectivity index (χ3v) is 4.43. The highest BCUT2D eigenvalue weighted by atomic mass is 35.5. The quantitative estimate of drug-likeness (QED) is 0.848. The van der Waals surface area contributed by atoms with Gasteiger partial charge in [0.25, 0.3) is 0 Å². The molecule has 1 saturated carbocycles. The smallest absolute Gasteiger partial charge is 0.321 e. The van der Waals surface area contributed by atoms with E-state index in [2.05, 4.69) is 5.32 Å². The fourth-order valence-electron chi connectivity index (χ4n) is 2.12. The van der Waals surface area contributed by atoms with Crippen LogP contribution in [-0.2, 0) is 0 Å². The zero-order valence-electron chi connectivity index (χ0n) is 12.7. The molecular formula is C15H20Cl2N2O2. The Hall–Kier alpha value is -1.13. The van der Waals surface area contributed by atoms with Crippen molar-refractivity contribution in [3.05, 3.63) is 23.3 Å². The molecule has 1 atom stereocenters. The first-order valence-corrected chi connectivity index (χ1v) is 7.56. The number of anilines is 1. The summed E-state index contributed by atoms with van der Waals surface area (Å²) in [5, 5.41) is 2.83. The molecule has 0 aliphatic heterocycles. The van der Waals surface area contributed by atoms with E-state index in [-0.39, 0.29) is 11.9 Å². The van der Waals surface area contributed by atoms with Crippen molar-refractivity contribution >= 4 is 34.9 Å². The monoisotopic (exact) mass is 330 g/mol. The lowest BCUT2D eigenvalue weighted by molar-refractivity contribution is 0.230. The molecular weight excluding hydrogens is 311 g/mol. The van der Waals surface area contributed by atoms with Crippen molar-refractivity contribution in [3.8, 4) is 5.75 Å². The van der Waals surface area contributed by atoms with E-state index in [4.69, 9.17) is 27.9 Å². The molecule has 2 amide bonds. The number of hydrogen-bond acceptors (Lipinski definition) is 2. The highest BCUT2D eigenvalue weighted by molar-refractivity contribution is 6.50. The van der Waals surface area contributed by atoms with Gasteiger partial charge in [0.2, 0.25) is 0 Å². The minimum atomic E-state index is -0.624. The fourth-order valence-corrected chi connectivity index (χ4v) is 2.62. The number of carbonyl (C=O) groups is 1. The van der Waals surface area contributed by atoms with Crippen molar-refractivity contribution < 1.29 is 9.53 Å². The Balaban J connectivity index is 2.05. The first-order chi connectivity index (χ1) is 9.70. The summed E-state index contributed by atoms with van der Waals surface area (Å²) in [5.41, 5.74) is 2.70. The number of nitrogens with one attached hydrogen (secondary N) is 1. The summed E-state index contributed by atoms with van der Waals surface area (Å²) >= 11 is 12.0. The first kappa shape index (κ1) is 16.2. The number of amides is 2. The molecule has 0 bridgehead atoms. The Bertz CT molecular complexity index is 536. The van der Waals surface area contributed by atoms with Crippen molar-refractivity contribution in [1.82, 2.24) is 4.90 Å². The Labute approximate surface area is 135 Å². The highest BCUT2D eigenvalue weighted by Crippen LogP contribution is 2.53. The Morgan fingerprint density at radius 2 is 1.90 bits per heavy atom. The lowest BCUT2D eigenvalue weighted by atomic mass is 10.1. The maximum Gasteiger partial charge on any atom is 0.321 e. The second-order valence-electron chi connectivity index (χ2n) is 5.74. The van der Waals surface area contributed by atoms with Gasteiger partial charge >= 0.3 is 6.03 Å². The predicted molar refractivity (Wildman–Crippen MR) is 86.7 cm³/mol. The van der Waals surface area contributed by atoms with Gasteiger partial charge < -0.3 is 15.0 Å². The van der Waals surface area contributed by atoms with Crippen LogP contribution in [0.3, 0.4) is 0 Å². The van der Waals surface area contributed by atoms with Gasteiger partial charge in [0.1, 0.15) is 10.1 Å². The molecule has 1 aliphatic rings. The van der Waals surface area contributed by atoms with Crippen molar-refractivity contribution in [2.45, 2.75) is 24.6 Å². The van der Waals surface area contributed by atoms with Crippen molar-refractivity contribution in [3.63, 3.8) is 0 Å². The largest absolute Gasteiger partial charge is 0.493 e. The predicted octanol–water partition coefficient (Wildman–Crippen LogP) is 3.97. The zero-order chi connectivity index (χ0) is 15.8. The topological polar surface area (TPSA) is 41.6 Å². The maximum absolute atomic E-state index is 11.7. The number of alkyl halides is 2. The maximum atomic E-state index is 11.7. The molecule has 0 spiro atoms. The minimum Gasteiger partial charge on any atom is -0.493 e. The van der Waals surface area contributed by atoms with Gasteiger partial charge in [0, 0.05) is 25.7 Å². The van der Waals surface area contributed by atoms with Crippen molar-refractivity contribution in [2.24, 2.45) is 5.92 Å². The van der Waals surface area contributed by atoms with Gasteiger partial charge in [-0.1, -0.05) is 0 Å². The van der Waals surface area contributed by atoms with E-state index in [1.54, 1.807) is 14.1 Å². The Kier molecular flexibility index (Phi) is 4.59. The van der Waals surface area contributed by atoms with Crippen LogP contribution in [0.4, 0.5) is 10.5 Å². The average molecular weight is 331 g/mol. The van der Waals surface area contributed by atoms with Gasteiger partial charge in [-0.2, -0.15) is 0 Å². The molecule has 1 aliphatic carbocycles. The molecule has 0 heterocycles. The third kappa shape index (κ3) is 3.95. The number of halogens is 2. The molecule has 0 aromatic heterocycles. The van der Waals surface area contributed by atoms with E-state index in [0.29, 0.717) is 6.61 Å². The fraction of sp³-hybridized carbons (Fsp3) is 0.533. The van der Waals surface area contributed by atoms with Crippen LogP contribution in [0, 0.1) is 19.8 Å². The molecule has 1 aromatic rings. The van der Waals surface area contributed by atoms with Gasteiger partial charge in [-0.25, -0.2) is 4.79 Å². The standard InChI is InChI=1S/C15H20Cl2N2O2/c1-9-5-12(18-14(20)19(3)4)6-10(2)13(9)21-8-11-7-15(11,16)17/h5-6,11H,7-8H2,1-4H3,(H,18,20). The summed E-state index contributed by atoms with van der Waals surface area (Å²) in [5.74, 6) is 1.02. The van der Waals surface area contributed by atoms with Crippen LogP contribution in [0.2, 0.25) is 0 Å². The lowest BCUT2D eigenvalue weighted by Crippen LogP contribution is -2.27. The summed E-state index contributed by atoms with van der Waals surface area (Å²) in [7, 11) is 3.40. The number of carbonyl (C=O) groups excluding carboxylic acids is 1. The molecule has 0 radical (unpaired) electrons. The summed E-state index contributed by atoms with van der Waals surface area (Å²) < 4.78 is 5.22. The molecule has 4 nitrogen and oxygen atoms in total. The number of nitrogens with zero attached hydrogens (tertiary/aromatic N) is 1. The number of hydrogen-bond donors (Lipinski definition) is 1. The van der Waals surface area contributed by atoms with Gasteiger partial charge in [0.15, 0.2) is 0 Å². The number of ether oxygens (including phenoxy) is 1. The summed E-state index contributed by atoms with van der Waals surface area (Å²) in [6.45, 7) is 4.42. The molecule has 1 fully saturated rings. The van der Waals surface area contributed by atoms with Crippen LogP contribution < -0.4 is 10.1 Å². The van der Waals surface area contributed by atoms with Crippen LogP contribution in [-0.4, -0.2) is 36.0 Å². The van der Waals surface area contributed by atoms with Gasteiger partial charge in [-0.3, -0.25) is 0 Å². The Morgan fingerprint density at radius 1 is 1.38 bits per heavy atom. The number of aryl methyl sites for hydroxylation is 2. The summed E-state index contributed by atoms with van der Waals surface area (Å²) in [6, 6.07) is 3.63. The van der Waals surface area contributed by atoms with E-state index in [1.807, 2.05) is 26.0 Å². The highest BCUT2D eigenvalue weighted by Gasteiger charge is 2.52. The molecule has 1 N–H and O–H groups in total. The van der Waals surface area contributed by atoms with Gasteiger partial charge in [0.05, 0.1) is 6.61 Å². The van der Waals surface area contributed by atoms with E-state index in [9.17, 15) is 4.79 Å². The summed E-state index contributed by atoms with van der Waals surface area (Å²) in [6.07, 6.45) is 0.769. The molecule has 1 unspecified atom stereocenters. The molecule has 1 aromatic carbocycles. The number of benzene rings is 1. The number of urea groups is 1. The SMILES string of the molecule is Cc1cc(NC(=O)N(C)C)cc(C)c1OCC1CC1(Cl)Cl. The second-order valence-corrected chi connectivity index (χ2v) is 7.28. The van der Waals surface area contributed by atoms with Crippen LogP contribution in [0.5, 0.6) is 5.75 Å². The van der Waals surface area contributed by atoms with E-state index >= 15 is 0 Å². The van der Waals surface area contributed by atoms with Crippen LogP contribution in [0.15, 0.2) is 12.1 Å². The van der Waals surface area contributed by atoms with Gasteiger partial charge in [-0.15, -0.1) is 23.2 Å². The molecule has 21 heavy (non-hydrogen) atoms. The van der Waals surface area contributed by atoms with Gasteiger partial charge in [-0.05, 0) is 43.5 Å². The van der Waals surface area contributed by atoms with Crippen molar-refractivity contribution in [2.75, 3.05) is 26.0 Å². The first-order valence-electron chi connectivity index (χ1n) is 6.81. The van der Waals surface area contributed by atoms with Crippen LogP contribution in [0.25, 0.3) is 0 Å². The molecule has 0 saturated heterocycles. The Morgan fingerprint density at radius 3 is 2.33 bits per heavy atom. The molecule has 116 valence electrons. The second kappa shape index (κ2) is 5.93. The average Bonchev–Trinajstić information content (AvgIpc) is 2.95. The van der Waals surface area contributed by atoms with E-state index < -0.39 is 4.33 Å². The van der Waals surface area contributed by atoms with Crippen molar-refractivity contribution in [1.29, 1.82) is 0 Å². The normalized spacial score (nSPS) is 19.0. The van der Waals surface area contributed by atoms with E-state index in [0.717, 1.165) is 29.0 Å².